The Balaban J connectivity index is 1.55. The average molecular weight is 653 g/mol. The SMILES string of the molecule is CCC(C)C(=O)/C(=C\c1ccc2c3ccc(-c4sc(C=C5C(=O)N(C)C(=O)N(C)C5=O)cc4C)cc3n(C)c2c1)C(=O)N(C)C(C)=O. The van der Waals surface area contributed by atoms with Gasteiger partial charge < -0.3 is 4.57 Å². The third-order valence-corrected chi connectivity index (χ3v) is 10.0. The van der Waals surface area contributed by atoms with Gasteiger partial charge in [0.15, 0.2) is 5.78 Å². The predicted octanol–water partition coefficient (Wildman–Crippen LogP) is 5.81. The molecule has 1 atom stereocenters. The van der Waals surface area contributed by atoms with E-state index < -0.39 is 29.7 Å². The van der Waals surface area contributed by atoms with Crippen LogP contribution in [-0.2, 0) is 31.0 Å². The average Bonchev–Trinajstić information content (AvgIpc) is 3.57. The molecule has 5 rings (SSSR count). The van der Waals surface area contributed by atoms with Crippen molar-refractivity contribution in [1.29, 1.82) is 0 Å². The van der Waals surface area contributed by atoms with Crippen LogP contribution in [0.3, 0.4) is 0 Å². The van der Waals surface area contributed by atoms with Crippen LogP contribution >= 0.6 is 11.3 Å². The van der Waals surface area contributed by atoms with E-state index in [-0.39, 0.29) is 22.8 Å². The second-order valence-electron chi connectivity index (χ2n) is 11.9. The summed E-state index contributed by atoms with van der Waals surface area (Å²) in [5.74, 6) is -3.03. The van der Waals surface area contributed by atoms with Gasteiger partial charge in [-0.1, -0.05) is 38.1 Å². The van der Waals surface area contributed by atoms with E-state index >= 15 is 0 Å². The summed E-state index contributed by atoms with van der Waals surface area (Å²) < 4.78 is 2.05. The zero-order valence-corrected chi connectivity index (χ0v) is 28.4. The number of carbonyl (C=O) groups excluding carboxylic acids is 6. The summed E-state index contributed by atoms with van der Waals surface area (Å²) in [4.78, 5) is 80.4. The zero-order chi connectivity index (χ0) is 34.5. The molecular weight excluding hydrogens is 616 g/mol. The Hall–Kier alpha value is -5.16. The number of barbiturate groups is 1. The minimum absolute atomic E-state index is 0.0297. The second kappa shape index (κ2) is 12.6. The fourth-order valence-electron chi connectivity index (χ4n) is 5.61. The summed E-state index contributed by atoms with van der Waals surface area (Å²) in [6, 6.07) is 13.2. The van der Waals surface area contributed by atoms with Crippen molar-refractivity contribution < 1.29 is 28.8 Å². The quantitative estimate of drug-likeness (QED) is 0.141. The highest BCUT2D eigenvalue weighted by Gasteiger charge is 2.38. The number of fused-ring (bicyclic) bond motifs is 3. The van der Waals surface area contributed by atoms with Gasteiger partial charge in [0.25, 0.3) is 17.7 Å². The molecule has 0 radical (unpaired) electrons. The molecule has 2 aromatic carbocycles. The Morgan fingerprint density at radius 2 is 1.51 bits per heavy atom. The van der Waals surface area contributed by atoms with Crippen LogP contribution in [0.25, 0.3) is 44.4 Å². The maximum absolute atomic E-state index is 13.2. The number of nitrogens with zero attached hydrogens (tertiary/aromatic N) is 4. The number of aryl methyl sites for hydroxylation is 2. The number of hydrogen-bond donors (Lipinski definition) is 0. The molecule has 1 aliphatic rings. The molecule has 242 valence electrons. The first-order valence-corrected chi connectivity index (χ1v) is 16.0. The molecule has 0 bridgehead atoms. The van der Waals surface area contributed by atoms with Crippen molar-refractivity contribution in [3.8, 4) is 10.4 Å². The molecule has 1 aliphatic heterocycles. The van der Waals surface area contributed by atoms with E-state index in [9.17, 15) is 28.8 Å². The third-order valence-electron chi connectivity index (χ3n) is 8.81. The molecule has 10 nitrogen and oxygen atoms in total. The summed E-state index contributed by atoms with van der Waals surface area (Å²) in [7, 11) is 6.02. The van der Waals surface area contributed by atoms with Crippen LogP contribution in [0.15, 0.2) is 53.6 Å². The van der Waals surface area contributed by atoms with Crippen LogP contribution in [0.4, 0.5) is 4.79 Å². The molecule has 47 heavy (non-hydrogen) atoms. The van der Waals surface area contributed by atoms with Crippen molar-refractivity contribution in [2.75, 3.05) is 21.1 Å². The number of imide groups is 3. The fraction of sp³-hybridized carbons (Fsp3) is 0.278. The zero-order valence-electron chi connectivity index (χ0n) is 27.6. The maximum atomic E-state index is 13.2. The molecule has 1 fully saturated rings. The Kier molecular flexibility index (Phi) is 8.87. The standard InChI is InChI=1S/C36H36N4O6S/c1-9-19(2)31(42)27(33(43)37(5)21(4)41)15-22-10-12-25-26-13-11-23(17-30(26)38(6)29(25)16-22)32-20(3)14-24(47-32)18-28-34(44)39(7)36(46)40(8)35(28)45/h10-19H,9H2,1-8H3/b27-15+. The van der Waals surface area contributed by atoms with Crippen molar-refractivity contribution in [2.24, 2.45) is 13.0 Å². The molecule has 6 amide bonds. The van der Waals surface area contributed by atoms with Crippen LogP contribution in [0.2, 0.25) is 0 Å². The first kappa shape index (κ1) is 33.2. The summed E-state index contributed by atoms with van der Waals surface area (Å²) in [6.45, 7) is 6.90. The minimum atomic E-state index is -0.666. The first-order valence-electron chi connectivity index (χ1n) is 15.2. The van der Waals surface area contributed by atoms with Crippen LogP contribution < -0.4 is 0 Å². The lowest BCUT2D eigenvalue weighted by Crippen LogP contribution is -2.52. The van der Waals surface area contributed by atoms with E-state index in [0.717, 1.165) is 52.5 Å². The van der Waals surface area contributed by atoms with Crippen LogP contribution in [0.1, 0.15) is 43.2 Å². The van der Waals surface area contributed by atoms with Gasteiger partial charge in [0.05, 0.1) is 5.57 Å². The van der Waals surface area contributed by atoms with Gasteiger partial charge in [-0.3, -0.25) is 38.7 Å². The molecule has 4 aromatic rings. The van der Waals surface area contributed by atoms with Crippen molar-refractivity contribution in [2.45, 2.75) is 34.1 Å². The largest absolute Gasteiger partial charge is 0.344 e. The molecule has 3 heterocycles. The lowest BCUT2D eigenvalue weighted by atomic mass is 9.94. The summed E-state index contributed by atoms with van der Waals surface area (Å²) in [5.41, 5.74) is 4.36. The van der Waals surface area contributed by atoms with Gasteiger partial charge in [-0.15, -0.1) is 11.3 Å². The number of aromatic nitrogens is 1. The second-order valence-corrected chi connectivity index (χ2v) is 13.0. The first-order chi connectivity index (χ1) is 22.2. The van der Waals surface area contributed by atoms with E-state index in [1.807, 2.05) is 57.3 Å². The van der Waals surface area contributed by atoms with E-state index in [4.69, 9.17) is 0 Å². The van der Waals surface area contributed by atoms with Crippen LogP contribution in [-0.4, -0.2) is 75.9 Å². The molecule has 11 heteroatoms. The molecule has 0 spiro atoms. The summed E-state index contributed by atoms with van der Waals surface area (Å²) in [6.07, 6.45) is 3.67. The molecule has 1 saturated heterocycles. The Bertz CT molecular complexity index is 2070. The topological polar surface area (TPSA) is 117 Å². The minimum Gasteiger partial charge on any atom is -0.344 e. The van der Waals surface area contributed by atoms with Crippen LogP contribution in [0.5, 0.6) is 0 Å². The van der Waals surface area contributed by atoms with E-state index in [2.05, 4.69) is 10.6 Å². The summed E-state index contributed by atoms with van der Waals surface area (Å²) in [5, 5.41) is 2.02. The van der Waals surface area contributed by atoms with E-state index in [1.54, 1.807) is 13.0 Å². The third kappa shape index (κ3) is 5.83. The Morgan fingerprint density at radius 3 is 2.11 bits per heavy atom. The van der Waals surface area contributed by atoms with Gasteiger partial charge in [-0.05, 0) is 60.4 Å². The van der Waals surface area contributed by atoms with Crippen molar-refractivity contribution >= 4 is 80.7 Å². The van der Waals surface area contributed by atoms with E-state index in [0.29, 0.717) is 16.9 Å². The number of Topliss-reactive ketones (excluding diaryl/α,β-unsaturated/α-hetero) is 1. The normalized spacial score (nSPS) is 14.8. The molecule has 0 saturated carbocycles. The number of likely N-dealkylation sites (N-methyl/N-ethyl adjacent to an activating group) is 3. The van der Waals surface area contributed by atoms with Crippen molar-refractivity contribution in [1.82, 2.24) is 19.3 Å². The van der Waals surface area contributed by atoms with Gasteiger partial charge in [-0.25, -0.2) is 4.79 Å². The fourth-order valence-corrected chi connectivity index (χ4v) is 6.73. The lowest BCUT2D eigenvalue weighted by molar-refractivity contribution is -0.140. The van der Waals surface area contributed by atoms with Gasteiger partial charge in [0.2, 0.25) is 5.91 Å². The van der Waals surface area contributed by atoms with Gasteiger partial charge in [-0.2, -0.15) is 0 Å². The molecule has 1 unspecified atom stereocenters. The predicted molar refractivity (Wildman–Crippen MR) is 183 cm³/mol. The maximum Gasteiger partial charge on any atom is 0.333 e. The molecule has 2 aromatic heterocycles. The van der Waals surface area contributed by atoms with E-state index in [1.165, 1.54) is 45.5 Å². The number of hydrogen-bond acceptors (Lipinski definition) is 7. The van der Waals surface area contributed by atoms with Crippen LogP contribution in [0, 0.1) is 12.8 Å². The molecular formula is C36H36N4O6S. The Morgan fingerprint density at radius 1 is 0.915 bits per heavy atom. The van der Waals surface area contributed by atoms with Crippen molar-refractivity contribution in [3.05, 3.63) is 69.6 Å². The van der Waals surface area contributed by atoms with Gasteiger partial charge in [0, 0.05) is 72.6 Å². The number of thiophene rings is 1. The number of ketones is 1. The number of urea groups is 1. The lowest BCUT2D eigenvalue weighted by Gasteiger charge is -2.28. The molecule has 0 aliphatic carbocycles. The smallest absolute Gasteiger partial charge is 0.333 e. The summed E-state index contributed by atoms with van der Waals surface area (Å²) >= 11 is 1.45. The van der Waals surface area contributed by atoms with Gasteiger partial charge in [0.1, 0.15) is 5.57 Å². The number of rotatable bonds is 7. The highest BCUT2D eigenvalue weighted by molar-refractivity contribution is 7.16. The van der Waals surface area contributed by atoms with Crippen molar-refractivity contribution in [3.63, 3.8) is 0 Å². The Labute approximate surface area is 276 Å². The monoisotopic (exact) mass is 652 g/mol. The number of benzene rings is 2. The highest BCUT2D eigenvalue weighted by atomic mass is 32.1. The highest BCUT2D eigenvalue weighted by Crippen LogP contribution is 2.38. The van der Waals surface area contributed by atoms with Gasteiger partial charge >= 0.3 is 6.03 Å². The number of carbonyl (C=O) groups is 6. The molecule has 0 N–H and O–H groups in total. The number of amides is 6.